The molecule has 0 atom stereocenters. The molecule has 0 saturated carbocycles. The van der Waals surface area contributed by atoms with Crippen LogP contribution in [0.25, 0.3) is 0 Å². The van der Waals surface area contributed by atoms with Crippen molar-refractivity contribution in [2.45, 2.75) is 65.1 Å². The van der Waals surface area contributed by atoms with Gasteiger partial charge in [0, 0.05) is 6.16 Å². The van der Waals surface area contributed by atoms with Gasteiger partial charge < -0.3 is 13.2 Å². The minimum absolute atomic E-state index is 0.0890. The Morgan fingerprint density at radius 2 is 1.47 bits per heavy atom. The molecule has 0 saturated heterocycles. The summed E-state index contributed by atoms with van der Waals surface area (Å²) in [5, 5.41) is 0. The first-order valence-electron chi connectivity index (χ1n) is 7.28. The Kier molecular flexibility index (Phi) is 8.69. The van der Waals surface area contributed by atoms with Crippen LogP contribution >= 0.6 is 7.60 Å². The predicted octanol–water partition coefficient (Wildman–Crippen LogP) is 5.38. The third-order valence-electron chi connectivity index (χ3n) is 3.56. The molecular weight excluding hydrogens is 282 g/mol. The van der Waals surface area contributed by atoms with E-state index in [1.165, 1.54) is 0 Å². The van der Waals surface area contributed by atoms with E-state index in [1.807, 2.05) is 27.7 Å². The molecule has 0 rings (SSSR count). The average molecular weight is 312 g/mol. The number of hydrogen-bond donors (Lipinski definition) is 0. The lowest BCUT2D eigenvalue weighted by Gasteiger charge is -2.30. The summed E-state index contributed by atoms with van der Waals surface area (Å²) in [6.07, 6.45) is 0.906. The highest BCUT2D eigenvalue weighted by atomic mass is 31.2. The van der Waals surface area contributed by atoms with E-state index >= 15 is 0 Å². The number of rotatable bonds is 10. The Labute approximate surface area is 119 Å². The third kappa shape index (κ3) is 6.07. The van der Waals surface area contributed by atoms with Crippen LogP contribution in [-0.4, -0.2) is 27.8 Å². The first kappa shape index (κ1) is 19.3. The van der Waals surface area contributed by atoms with Crippen LogP contribution < -0.4 is 0 Å². The van der Waals surface area contributed by atoms with Gasteiger partial charge in [-0.05, 0) is 37.4 Å². The Balaban J connectivity index is 4.50. The van der Waals surface area contributed by atoms with Crippen molar-refractivity contribution in [3.63, 3.8) is 0 Å². The Hall–Kier alpha value is 0.297. The van der Waals surface area contributed by atoms with Crippen molar-refractivity contribution < 1.29 is 17.7 Å². The Morgan fingerprint density at radius 3 is 1.79 bits per heavy atom. The Morgan fingerprint density at radius 1 is 1.05 bits per heavy atom. The Bertz CT molecular complexity index is 280. The zero-order chi connectivity index (χ0) is 15.1. The van der Waals surface area contributed by atoms with Crippen LogP contribution in [0.4, 0.5) is 4.11 Å². The van der Waals surface area contributed by atoms with Crippen molar-refractivity contribution in [2.24, 2.45) is 0 Å². The standard InChI is InChI=1S/C13H30FO3PSi/c1-7-16-18(15,17-8-2)10-9-11-19(14,12(3)4)13(5)6/h12-13H,7-11H2,1-6H3. The molecule has 0 fully saturated rings. The molecule has 0 heterocycles. The minimum atomic E-state index is -3.01. The van der Waals surface area contributed by atoms with E-state index in [1.54, 1.807) is 13.8 Å². The summed E-state index contributed by atoms with van der Waals surface area (Å²) in [6.45, 7) is 12.1. The molecule has 19 heavy (non-hydrogen) atoms. The van der Waals surface area contributed by atoms with E-state index in [0.717, 1.165) is 0 Å². The molecule has 0 aliphatic rings. The second kappa shape index (κ2) is 8.55. The molecule has 0 aromatic heterocycles. The molecule has 0 bridgehead atoms. The third-order valence-corrected chi connectivity index (χ3v) is 10.7. The quantitative estimate of drug-likeness (QED) is 0.309. The lowest BCUT2D eigenvalue weighted by Crippen LogP contribution is -2.36. The van der Waals surface area contributed by atoms with Gasteiger partial charge in [0.25, 0.3) is 8.41 Å². The van der Waals surface area contributed by atoms with Crippen molar-refractivity contribution in [1.82, 2.24) is 0 Å². The molecule has 0 spiro atoms. The fourth-order valence-corrected chi connectivity index (χ4v) is 7.52. The van der Waals surface area contributed by atoms with Gasteiger partial charge >= 0.3 is 7.60 Å². The van der Waals surface area contributed by atoms with E-state index in [0.29, 0.717) is 31.8 Å². The second-order valence-corrected chi connectivity index (χ2v) is 12.4. The van der Waals surface area contributed by atoms with E-state index in [4.69, 9.17) is 9.05 Å². The van der Waals surface area contributed by atoms with Crippen LogP contribution in [-0.2, 0) is 13.6 Å². The summed E-state index contributed by atoms with van der Waals surface area (Å²) >= 11 is 0. The SMILES string of the molecule is CCOP(=O)(CCC[Si](F)(C(C)C)C(C)C)OCC. The van der Waals surface area contributed by atoms with Gasteiger partial charge in [0.2, 0.25) is 0 Å². The van der Waals surface area contributed by atoms with E-state index in [9.17, 15) is 8.67 Å². The molecule has 3 nitrogen and oxygen atoms in total. The van der Waals surface area contributed by atoms with Gasteiger partial charge in [-0.3, -0.25) is 4.57 Å². The molecule has 0 aromatic rings. The first-order valence-corrected chi connectivity index (χ1v) is 11.3. The average Bonchev–Trinajstić information content (AvgIpc) is 2.28. The van der Waals surface area contributed by atoms with Crippen molar-refractivity contribution in [2.75, 3.05) is 19.4 Å². The number of hydrogen-bond acceptors (Lipinski definition) is 3. The molecule has 0 radical (unpaired) electrons. The van der Waals surface area contributed by atoms with Gasteiger partial charge in [-0.15, -0.1) is 0 Å². The lowest BCUT2D eigenvalue weighted by molar-refractivity contribution is 0.220. The molecule has 116 valence electrons. The normalized spacial score (nSPS) is 13.5. The fourth-order valence-electron chi connectivity index (χ4n) is 2.35. The number of halogens is 1. The summed E-state index contributed by atoms with van der Waals surface area (Å²) in [5.74, 6) is 0. The van der Waals surface area contributed by atoms with Crippen molar-refractivity contribution in [3.8, 4) is 0 Å². The largest absolute Gasteiger partial charge is 0.330 e. The second-order valence-electron chi connectivity index (χ2n) is 5.51. The van der Waals surface area contributed by atoms with Gasteiger partial charge in [-0.2, -0.15) is 0 Å². The van der Waals surface area contributed by atoms with Gasteiger partial charge in [-0.1, -0.05) is 27.7 Å². The van der Waals surface area contributed by atoms with Crippen LogP contribution in [0, 0.1) is 0 Å². The maximum absolute atomic E-state index is 15.0. The van der Waals surface area contributed by atoms with Gasteiger partial charge in [0.15, 0.2) is 0 Å². The zero-order valence-electron chi connectivity index (χ0n) is 13.2. The molecule has 0 aliphatic heterocycles. The monoisotopic (exact) mass is 312 g/mol. The first-order chi connectivity index (χ1) is 8.72. The van der Waals surface area contributed by atoms with E-state index < -0.39 is 16.0 Å². The van der Waals surface area contributed by atoms with Crippen molar-refractivity contribution in [3.05, 3.63) is 0 Å². The summed E-state index contributed by atoms with van der Waals surface area (Å²) in [6, 6.07) is 0.534. The van der Waals surface area contributed by atoms with E-state index in [-0.39, 0.29) is 11.1 Å². The molecule has 6 heteroatoms. The highest BCUT2D eigenvalue weighted by molar-refractivity contribution is 7.53. The molecule has 0 N–H and O–H groups in total. The van der Waals surface area contributed by atoms with Gasteiger partial charge in [0.1, 0.15) is 0 Å². The molecule has 0 unspecified atom stereocenters. The highest BCUT2D eigenvalue weighted by Gasteiger charge is 2.41. The molecular formula is C13H30FO3PSi. The van der Waals surface area contributed by atoms with Crippen molar-refractivity contribution in [1.29, 1.82) is 0 Å². The van der Waals surface area contributed by atoms with Crippen LogP contribution in [0.15, 0.2) is 0 Å². The minimum Gasteiger partial charge on any atom is -0.313 e. The van der Waals surface area contributed by atoms with Gasteiger partial charge in [-0.25, -0.2) is 0 Å². The van der Waals surface area contributed by atoms with Crippen LogP contribution in [0.5, 0.6) is 0 Å². The van der Waals surface area contributed by atoms with E-state index in [2.05, 4.69) is 0 Å². The highest BCUT2D eigenvalue weighted by Crippen LogP contribution is 2.50. The zero-order valence-corrected chi connectivity index (χ0v) is 15.1. The summed E-state index contributed by atoms with van der Waals surface area (Å²) in [5.41, 5.74) is 0.178. The van der Waals surface area contributed by atoms with Gasteiger partial charge in [0.05, 0.1) is 13.2 Å². The summed E-state index contributed by atoms with van der Waals surface area (Å²) < 4.78 is 37.7. The fraction of sp³-hybridized carbons (Fsp3) is 1.00. The predicted molar refractivity (Wildman–Crippen MR) is 82.2 cm³/mol. The van der Waals surface area contributed by atoms with Crippen LogP contribution in [0.1, 0.15) is 48.0 Å². The van der Waals surface area contributed by atoms with Crippen LogP contribution in [0.2, 0.25) is 17.1 Å². The molecule has 0 aliphatic carbocycles. The molecule has 0 aromatic carbocycles. The summed E-state index contributed by atoms with van der Waals surface area (Å²) in [7, 11) is -5.79. The lowest BCUT2D eigenvalue weighted by atomic mass is 10.5. The smallest absolute Gasteiger partial charge is 0.313 e. The maximum atomic E-state index is 15.0. The van der Waals surface area contributed by atoms with Crippen LogP contribution in [0.3, 0.4) is 0 Å². The topological polar surface area (TPSA) is 35.5 Å². The molecule has 0 amide bonds. The summed E-state index contributed by atoms with van der Waals surface area (Å²) in [4.78, 5) is 0. The maximum Gasteiger partial charge on any atom is 0.330 e. The van der Waals surface area contributed by atoms with Crippen molar-refractivity contribution >= 4 is 16.0 Å².